The van der Waals surface area contributed by atoms with Crippen molar-refractivity contribution in [3.05, 3.63) is 65.2 Å². The molecule has 1 fully saturated rings. The van der Waals surface area contributed by atoms with Gasteiger partial charge < -0.3 is 9.80 Å². The van der Waals surface area contributed by atoms with Crippen LogP contribution in [0.4, 0.5) is 5.69 Å². The summed E-state index contributed by atoms with van der Waals surface area (Å²) in [6, 6.07) is 15.9. The summed E-state index contributed by atoms with van der Waals surface area (Å²) in [5.41, 5.74) is 4.15. The Morgan fingerprint density at radius 2 is 1.76 bits per heavy atom. The van der Waals surface area contributed by atoms with Gasteiger partial charge in [-0.05, 0) is 36.2 Å². The molecule has 132 valence electrons. The Morgan fingerprint density at radius 3 is 2.44 bits per heavy atom. The normalized spacial score (nSPS) is 15.9. The lowest BCUT2D eigenvalue weighted by Gasteiger charge is -2.36. The van der Waals surface area contributed by atoms with Crippen LogP contribution in [-0.4, -0.2) is 47.5 Å². The quantitative estimate of drug-likeness (QED) is 0.846. The van der Waals surface area contributed by atoms with E-state index in [4.69, 9.17) is 0 Å². The minimum absolute atomic E-state index is 0.0631. The van der Waals surface area contributed by atoms with Crippen molar-refractivity contribution < 1.29 is 9.00 Å². The Bertz CT molecular complexity index is 783. The number of nitrogens with zero attached hydrogens (tertiary/aromatic N) is 2. The van der Waals surface area contributed by atoms with E-state index in [2.05, 4.69) is 36.1 Å². The van der Waals surface area contributed by atoms with Crippen molar-refractivity contribution in [2.24, 2.45) is 0 Å². The number of anilines is 1. The number of para-hydroxylation sites is 1. The topological polar surface area (TPSA) is 40.6 Å². The number of hydrogen-bond donors (Lipinski definition) is 0. The number of carbonyl (C=O) groups excluding carboxylic acids is 1. The fraction of sp³-hybridized carbons (Fsp3) is 0.350. The average molecular weight is 356 g/mol. The molecule has 1 aliphatic rings. The SMILES string of the molecule is Cc1ccccc1N1CCN(C(=O)c2cccc(CS(C)=O)c2)CC1. The van der Waals surface area contributed by atoms with Crippen LogP contribution in [0.2, 0.25) is 0 Å². The molecule has 0 spiro atoms. The number of aryl methyl sites for hydroxylation is 1. The minimum atomic E-state index is -0.903. The third-order valence-electron chi connectivity index (χ3n) is 4.57. The highest BCUT2D eigenvalue weighted by Crippen LogP contribution is 2.21. The molecule has 1 aliphatic heterocycles. The highest BCUT2D eigenvalue weighted by molar-refractivity contribution is 7.83. The summed E-state index contributed by atoms with van der Waals surface area (Å²) >= 11 is 0. The summed E-state index contributed by atoms with van der Waals surface area (Å²) in [6.07, 6.45) is 1.68. The molecule has 0 aliphatic carbocycles. The molecule has 1 unspecified atom stereocenters. The maximum atomic E-state index is 12.8. The summed E-state index contributed by atoms with van der Waals surface area (Å²) in [5, 5.41) is 0. The standard InChI is InChI=1S/C20H24N2O2S/c1-16-6-3-4-9-19(16)21-10-12-22(13-11-21)20(23)18-8-5-7-17(14-18)15-25(2)24/h3-9,14H,10-13,15H2,1-2H3. The zero-order valence-corrected chi connectivity index (χ0v) is 15.6. The third kappa shape index (κ3) is 4.28. The van der Waals surface area contributed by atoms with Crippen molar-refractivity contribution in [1.82, 2.24) is 4.90 Å². The van der Waals surface area contributed by atoms with E-state index in [0.29, 0.717) is 11.3 Å². The lowest BCUT2D eigenvalue weighted by Crippen LogP contribution is -2.49. The molecule has 2 aromatic carbocycles. The van der Waals surface area contributed by atoms with E-state index in [9.17, 15) is 9.00 Å². The lowest BCUT2D eigenvalue weighted by atomic mass is 10.1. The highest BCUT2D eigenvalue weighted by Gasteiger charge is 2.23. The maximum Gasteiger partial charge on any atom is 0.253 e. The van der Waals surface area contributed by atoms with Gasteiger partial charge >= 0.3 is 0 Å². The monoisotopic (exact) mass is 356 g/mol. The number of rotatable bonds is 4. The van der Waals surface area contributed by atoms with Crippen LogP contribution >= 0.6 is 0 Å². The van der Waals surface area contributed by atoms with E-state index in [1.54, 1.807) is 6.26 Å². The number of benzene rings is 2. The van der Waals surface area contributed by atoms with E-state index >= 15 is 0 Å². The zero-order valence-electron chi connectivity index (χ0n) is 14.8. The molecule has 5 heteroatoms. The molecule has 1 atom stereocenters. The van der Waals surface area contributed by atoms with Crippen molar-refractivity contribution in [2.75, 3.05) is 37.3 Å². The Morgan fingerprint density at radius 1 is 1.04 bits per heavy atom. The van der Waals surface area contributed by atoms with Crippen LogP contribution in [0.15, 0.2) is 48.5 Å². The van der Waals surface area contributed by atoms with Gasteiger partial charge in [-0.2, -0.15) is 0 Å². The summed E-state index contributed by atoms with van der Waals surface area (Å²) in [6.45, 7) is 5.24. The number of carbonyl (C=O) groups is 1. The molecule has 3 rings (SSSR count). The van der Waals surface area contributed by atoms with Crippen LogP contribution in [0.3, 0.4) is 0 Å². The maximum absolute atomic E-state index is 12.8. The molecular weight excluding hydrogens is 332 g/mol. The molecule has 0 radical (unpaired) electrons. The van der Waals surface area contributed by atoms with Gasteiger partial charge in [0.15, 0.2) is 0 Å². The minimum Gasteiger partial charge on any atom is -0.368 e. The van der Waals surface area contributed by atoms with E-state index in [1.165, 1.54) is 11.3 Å². The largest absolute Gasteiger partial charge is 0.368 e. The van der Waals surface area contributed by atoms with Gasteiger partial charge in [0.2, 0.25) is 0 Å². The molecule has 1 heterocycles. The summed E-state index contributed by atoms with van der Waals surface area (Å²) in [5.74, 6) is 0.551. The van der Waals surface area contributed by atoms with Crippen LogP contribution in [0.5, 0.6) is 0 Å². The third-order valence-corrected chi connectivity index (χ3v) is 5.31. The molecule has 0 bridgehead atoms. The molecule has 1 saturated heterocycles. The van der Waals surface area contributed by atoms with Crippen molar-refractivity contribution in [1.29, 1.82) is 0 Å². The number of hydrogen-bond acceptors (Lipinski definition) is 3. The van der Waals surface area contributed by atoms with Crippen LogP contribution in [0, 0.1) is 6.92 Å². The summed E-state index contributed by atoms with van der Waals surface area (Å²) in [7, 11) is -0.903. The van der Waals surface area contributed by atoms with Crippen molar-refractivity contribution in [3.8, 4) is 0 Å². The van der Waals surface area contributed by atoms with Gasteiger partial charge in [0.05, 0.1) is 0 Å². The Hall–Kier alpha value is -2.14. The fourth-order valence-corrected chi connectivity index (χ4v) is 3.93. The predicted molar refractivity (Wildman–Crippen MR) is 104 cm³/mol. The number of piperazine rings is 1. The summed E-state index contributed by atoms with van der Waals surface area (Å²) in [4.78, 5) is 17.0. The number of amides is 1. The predicted octanol–water partition coefficient (Wildman–Crippen LogP) is 2.84. The van der Waals surface area contributed by atoms with Gasteiger partial charge in [0.1, 0.15) is 0 Å². The van der Waals surface area contributed by atoms with Gasteiger partial charge in [-0.25, -0.2) is 0 Å². The molecule has 1 amide bonds. The van der Waals surface area contributed by atoms with Crippen molar-refractivity contribution in [3.63, 3.8) is 0 Å². The lowest BCUT2D eigenvalue weighted by molar-refractivity contribution is 0.0746. The van der Waals surface area contributed by atoms with Crippen molar-refractivity contribution >= 4 is 22.4 Å². The summed E-state index contributed by atoms with van der Waals surface area (Å²) < 4.78 is 11.4. The van der Waals surface area contributed by atoms with Crippen LogP contribution in [0.25, 0.3) is 0 Å². The van der Waals surface area contributed by atoms with E-state index in [-0.39, 0.29) is 5.91 Å². The van der Waals surface area contributed by atoms with Gasteiger partial charge in [-0.1, -0.05) is 30.3 Å². The molecule has 4 nitrogen and oxygen atoms in total. The second-order valence-electron chi connectivity index (χ2n) is 6.48. The Balaban J connectivity index is 1.66. The highest BCUT2D eigenvalue weighted by atomic mass is 32.2. The molecule has 0 saturated carbocycles. The van der Waals surface area contributed by atoms with Gasteiger partial charge in [-0.3, -0.25) is 9.00 Å². The molecule has 2 aromatic rings. The van der Waals surface area contributed by atoms with E-state index < -0.39 is 10.8 Å². The van der Waals surface area contributed by atoms with Crippen LogP contribution in [-0.2, 0) is 16.6 Å². The average Bonchev–Trinajstić information content (AvgIpc) is 2.61. The first-order valence-corrected chi connectivity index (χ1v) is 10.3. The van der Waals surface area contributed by atoms with E-state index in [1.807, 2.05) is 29.2 Å². The first kappa shape index (κ1) is 17.7. The van der Waals surface area contributed by atoms with Gasteiger partial charge in [0, 0.05) is 60.2 Å². The smallest absolute Gasteiger partial charge is 0.253 e. The van der Waals surface area contributed by atoms with Crippen LogP contribution < -0.4 is 4.90 Å². The zero-order chi connectivity index (χ0) is 17.8. The van der Waals surface area contributed by atoms with Gasteiger partial charge in [0.25, 0.3) is 5.91 Å². The van der Waals surface area contributed by atoms with E-state index in [0.717, 1.165) is 31.7 Å². The molecule has 0 N–H and O–H groups in total. The second kappa shape index (κ2) is 7.83. The Labute approximate surface area is 151 Å². The molecule has 25 heavy (non-hydrogen) atoms. The van der Waals surface area contributed by atoms with Gasteiger partial charge in [-0.15, -0.1) is 0 Å². The molecule has 0 aromatic heterocycles. The van der Waals surface area contributed by atoms with Crippen molar-refractivity contribution in [2.45, 2.75) is 12.7 Å². The second-order valence-corrected chi connectivity index (χ2v) is 7.92. The Kier molecular flexibility index (Phi) is 5.53. The first-order chi connectivity index (χ1) is 12.0. The van der Waals surface area contributed by atoms with Crippen LogP contribution in [0.1, 0.15) is 21.5 Å². The molecular formula is C20H24N2O2S. The fourth-order valence-electron chi connectivity index (χ4n) is 3.28. The first-order valence-electron chi connectivity index (χ1n) is 8.53.